The number of benzene rings is 2. The predicted molar refractivity (Wildman–Crippen MR) is 109 cm³/mol. The van der Waals surface area contributed by atoms with Crippen LogP contribution in [0.1, 0.15) is 5.56 Å². The van der Waals surface area contributed by atoms with E-state index in [1.807, 2.05) is 28.9 Å². The van der Waals surface area contributed by atoms with Crippen molar-refractivity contribution >= 4 is 33.6 Å². The number of aromatic nitrogens is 3. The van der Waals surface area contributed by atoms with Crippen LogP contribution in [0.4, 0.5) is 4.39 Å². The molecule has 2 aromatic heterocycles. The van der Waals surface area contributed by atoms with Gasteiger partial charge >= 0.3 is 0 Å². The van der Waals surface area contributed by atoms with Gasteiger partial charge in [0, 0.05) is 12.3 Å². The topological polar surface area (TPSA) is 49.2 Å². The van der Waals surface area contributed by atoms with Crippen molar-refractivity contribution in [1.82, 2.24) is 14.8 Å². The van der Waals surface area contributed by atoms with E-state index in [0.29, 0.717) is 17.9 Å². The fourth-order valence-corrected chi connectivity index (χ4v) is 3.54. The van der Waals surface area contributed by atoms with Crippen LogP contribution in [0.25, 0.3) is 11.0 Å². The molecule has 0 aliphatic rings. The van der Waals surface area contributed by atoms with Gasteiger partial charge < -0.3 is 9.47 Å². The van der Waals surface area contributed by atoms with E-state index < -0.39 is 5.82 Å². The van der Waals surface area contributed by atoms with Gasteiger partial charge in [0.2, 0.25) is 0 Å². The summed E-state index contributed by atoms with van der Waals surface area (Å²) < 4.78 is 27.5. The second-order valence-electron chi connectivity index (χ2n) is 5.84. The molecule has 0 aliphatic heterocycles. The Hall–Kier alpha value is -2.68. The fraction of sp³-hybridized carbons (Fsp3) is 0.100. The Morgan fingerprint density at radius 1 is 1.04 bits per heavy atom. The molecule has 0 amide bonds. The van der Waals surface area contributed by atoms with Crippen molar-refractivity contribution in [2.24, 2.45) is 0 Å². The minimum Gasteiger partial charge on any atom is -0.497 e. The standard InChI is InChI=1S/C20H15FIN3O2/c1-26-14-8-6-13(7-9-14)12-25-20-18(19(22)24-25)17(10-11-23-20)27-16-5-3-2-4-15(16)21/h2-11H,12H2,1H3. The van der Waals surface area contributed by atoms with E-state index >= 15 is 0 Å². The van der Waals surface area contributed by atoms with E-state index in [-0.39, 0.29) is 5.75 Å². The average Bonchev–Trinajstić information content (AvgIpc) is 3.01. The number of hydrogen-bond donors (Lipinski definition) is 0. The van der Waals surface area contributed by atoms with Gasteiger partial charge in [-0.05, 0) is 52.4 Å². The van der Waals surface area contributed by atoms with Gasteiger partial charge in [-0.15, -0.1) is 0 Å². The molecule has 0 radical (unpaired) electrons. The van der Waals surface area contributed by atoms with Crippen molar-refractivity contribution in [2.45, 2.75) is 6.54 Å². The summed E-state index contributed by atoms with van der Waals surface area (Å²) in [6, 6.07) is 15.8. The van der Waals surface area contributed by atoms with Gasteiger partial charge in [-0.3, -0.25) is 0 Å². The highest BCUT2D eigenvalue weighted by Gasteiger charge is 2.16. The van der Waals surface area contributed by atoms with Crippen molar-refractivity contribution < 1.29 is 13.9 Å². The maximum atomic E-state index is 14.0. The van der Waals surface area contributed by atoms with Gasteiger partial charge in [-0.25, -0.2) is 14.1 Å². The number of fused-ring (bicyclic) bond motifs is 1. The quantitative estimate of drug-likeness (QED) is 0.381. The predicted octanol–water partition coefficient (Wildman–Crippen LogP) is 5.02. The fourth-order valence-electron chi connectivity index (χ4n) is 2.77. The lowest BCUT2D eigenvalue weighted by Gasteiger charge is -2.08. The highest BCUT2D eigenvalue weighted by molar-refractivity contribution is 14.1. The van der Waals surface area contributed by atoms with Gasteiger partial charge in [-0.1, -0.05) is 24.3 Å². The molecule has 4 aromatic rings. The highest BCUT2D eigenvalue weighted by Crippen LogP contribution is 2.33. The first kappa shape index (κ1) is 17.7. The Labute approximate surface area is 168 Å². The molecule has 0 spiro atoms. The monoisotopic (exact) mass is 475 g/mol. The number of para-hydroxylation sites is 1. The average molecular weight is 475 g/mol. The summed E-state index contributed by atoms with van der Waals surface area (Å²) in [5.74, 6) is 1.08. The molecule has 136 valence electrons. The van der Waals surface area contributed by atoms with Gasteiger partial charge in [0.05, 0.1) is 19.0 Å². The third-order valence-electron chi connectivity index (χ3n) is 4.10. The Balaban J connectivity index is 1.71. The van der Waals surface area contributed by atoms with E-state index in [2.05, 4.69) is 32.7 Å². The molecule has 0 N–H and O–H groups in total. The number of halogens is 2. The van der Waals surface area contributed by atoms with Crippen LogP contribution in [0.5, 0.6) is 17.2 Å². The van der Waals surface area contributed by atoms with Gasteiger partial charge in [-0.2, -0.15) is 5.10 Å². The van der Waals surface area contributed by atoms with Crippen molar-refractivity contribution in [2.75, 3.05) is 7.11 Å². The summed E-state index contributed by atoms with van der Waals surface area (Å²) in [5.41, 5.74) is 1.75. The van der Waals surface area contributed by atoms with Gasteiger partial charge in [0.15, 0.2) is 17.2 Å². The minimum atomic E-state index is -0.414. The van der Waals surface area contributed by atoms with E-state index in [0.717, 1.165) is 20.4 Å². The third kappa shape index (κ3) is 3.59. The molecule has 27 heavy (non-hydrogen) atoms. The molecule has 4 rings (SSSR count). The van der Waals surface area contributed by atoms with Crippen molar-refractivity contribution in [3.8, 4) is 17.2 Å². The molecule has 5 nitrogen and oxygen atoms in total. The largest absolute Gasteiger partial charge is 0.497 e. The molecule has 0 fully saturated rings. The first-order chi connectivity index (χ1) is 13.2. The SMILES string of the molecule is COc1ccc(Cn2nc(I)c3c(Oc4ccccc4F)ccnc32)cc1. The number of nitrogens with zero attached hydrogens (tertiary/aromatic N) is 3. The summed E-state index contributed by atoms with van der Waals surface area (Å²) in [6.45, 7) is 0.555. The number of ether oxygens (including phenoxy) is 2. The van der Waals surface area contributed by atoms with E-state index in [1.165, 1.54) is 6.07 Å². The molecule has 0 unspecified atom stereocenters. The van der Waals surface area contributed by atoms with Gasteiger partial charge in [0.25, 0.3) is 0 Å². The summed E-state index contributed by atoms with van der Waals surface area (Å²) in [5, 5.41) is 5.35. The van der Waals surface area contributed by atoms with Crippen LogP contribution in [0.2, 0.25) is 0 Å². The van der Waals surface area contributed by atoms with Crippen molar-refractivity contribution in [1.29, 1.82) is 0 Å². The molecular formula is C20H15FIN3O2. The number of rotatable bonds is 5. The summed E-state index contributed by atoms with van der Waals surface area (Å²) in [7, 11) is 1.64. The molecule has 0 saturated heterocycles. The Morgan fingerprint density at radius 3 is 2.56 bits per heavy atom. The van der Waals surface area contributed by atoms with E-state index in [1.54, 1.807) is 37.6 Å². The van der Waals surface area contributed by atoms with Gasteiger partial charge in [0.1, 0.15) is 15.2 Å². The molecule has 0 atom stereocenters. The summed E-state index contributed by atoms with van der Waals surface area (Å²) >= 11 is 2.14. The van der Waals surface area contributed by atoms with Crippen LogP contribution in [0.3, 0.4) is 0 Å². The van der Waals surface area contributed by atoms with E-state index in [4.69, 9.17) is 9.47 Å². The third-order valence-corrected chi connectivity index (χ3v) is 4.86. The Kier molecular flexibility index (Phi) is 4.93. The van der Waals surface area contributed by atoms with Crippen LogP contribution in [0, 0.1) is 9.52 Å². The van der Waals surface area contributed by atoms with E-state index in [9.17, 15) is 4.39 Å². The Morgan fingerprint density at radius 2 is 1.81 bits per heavy atom. The molecule has 2 heterocycles. The van der Waals surface area contributed by atoms with Crippen LogP contribution < -0.4 is 9.47 Å². The maximum absolute atomic E-state index is 14.0. The highest BCUT2D eigenvalue weighted by atomic mass is 127. The van der Waals surface area contributed by atoms with Crippen LogP contribution in [-0.2, 0) is 6.54 Å². The second-order valence-corrected chi connectivity index (χ2v) is 6.86. The van der Waals surface area contributed by atoms with Crippen LogP contribution in [0.15, 0.2) is 60.8 Å². The van der Waals surface area contributed by atoms with Crippen LogP contribution in [-0.4, -0.2) is 21.9 Å². The Bertz CT molecular complexity index is 1100. The molecule has 2 aromatic carbocycles. The second kappa shape index (κ2) is 7.51. The zero-order valence-electron chi connectivity index (χ0n) is 14.4. The van der Waals surface area contributed by atoms with Crippen molar-refractivity contribution in [3.05, 3.63) is 75.9 Å². The summed E-state index contributed by atoms with van der Waals surface area (Å²) in [6.07, 6.45) is 1.64. The maximum Gasteiger partial charge on any atom is 0.165 e. The summed E-state index contributed by atoms with van der Waals surface area (Å²) in [4.78, 5) is 4.45. The van der Waals surface area contributed by atoms with Crippen LogP contribution >= 0.6 is 22.6 Å². The first-order valence-corrected chi connectivity index (χ1v) is 9.30. The normalized spacial score (nSPS) is 10.9. The number of methoxy groups -OCH3 is 1. The number of pyridine rings is 1. The lowest BCUT2D eigenvalue weighted by molar-refractivity contribution is 0.414. The lowest BCUT2D eigenvalue weighted by Crippen LogP contribution is -2.03. The molecular weight excluding hydrogens is 460 g/mol. The molecule has 0 bridgehead atoms. The van der Waals surface area contributed by atoms with Crippen molar-refractivity contribution in [3.63, 3.8) is 0 Å². The molecule has 0 aliphatic carbocycles. The molecule has 7 heteroatoms. The number of hydrogen-bond acceptors (Lipinski definition) is 4. The smallest absolute Gasteiger partial charge is 0.165 e. The first-order valence-electron chi connectivity index (χ1n) is 8.22. The minimum absolute atomic E-state index is 0.170. The lowest BCUT2D eigenvalue weighted by atomic mass is 10.2. The molecule has 0 saturated carbocycles. The zero-order chi connectivity index (χ0) is 18.8. The zero-order valence-corrected chi connectivity index (χ0v) is 16.6.